The van der Waals surface area contributed by atoms with E-state index in [0.717, 1.165) is 0 Å². The molecule has 0 aliphatic carbocycles. The fourth-order valence-electron chi connectivity index (χ4n) is 2.33. The number of esters is 1. The average Bonchev–Trinajstić information content (AvgIpc) is 2.78. The molecular formula is C19H25N3O4. The van der Waals surface area contributed by atoms with Gasteiger partial charge in [-0.25, -0.2) is 4.68 Å². The summed E-state index contributed by atoms with van der Waals surface area (Å²) in [6.45, 7) is 8.34. The number of amides is 1. The number of benzene rings is 1. The maximum Gasteiger partial charge on any atom is 0.311 e. The molecule has 0 fully saturated rings. The molecule has 0 aliphatic heterocycles. The summed E-state index contributed by atoms with van der Waals surface area (Å²) in [4.78, 5) is 37.1. The first-order valence-electron chi connectivity index (χ1n) is 8.40. The van der Waals surface area contributed by atoms with E-state index >= 15 is 0 Å². The third kappa shape index (κ3) is 3.87. The number of nitrogens with one attached hydrogen (secondary N) is 1. The number of anilines is 1. The normalized spacial score (nSPS) is 12.5. The summed E-state index contributed by atoms with van der Waals surface area (Å²) in [7, 11) is 1.74. The minimum Gasteiger partial charge on any atom is -0.452 e. The van der Waals surface area contributed by atoms with E-state index in [4.69, 9.17) is 4.74 Å². The Bertz CT molecular complexity index is 873. The molecule has 1 amide bonds. The molecule has 1 atom stereocenters. The highest BCUT2D eigenvalue weighted by molar-refractivity contribution is 5.95. The molecule has 1 aromatic heterocycles. The van der Waals surface area contributed by atoms with Crippen LogP contribution in [0.5, 0.6) is 0 Å². The van der Waals surface area contributed by atoms with Crippen molar-refractivity contribution in [2.24, 2.45) is 12.5 Å². The summed E-state index contributed by atoms with van der Waals surface area (Å²) in [6.07, 6.45) is -1.01. The fraction of sp³-hybridized carbons (Fsp3) is 0.421. The Morgan fingerprint density at radius 3 is 2.27 bits per heavy atom. The number of hydrogen-bond acceptors (Lipinski definition) is 4. The van der Waals surface area contributed by atoms with Crippen LogP contribution < -0.4 is 10.9 Å². The second-order valence-corrected chi connectivity index (χ2v) is 7.22. The molecule has 0 radical (unpaired) electrons. The highest BCUT2D eigenvalue weighted by Gasteiger charge is 2.28. The summed E-state index contributed by atoms with van der Waals surface area (Å²) < 4.78 is 8.32. The standard InChI is InChI=1S/C19H25N3O4/c1-12-15(20-16(23)13(2)26-18(25)19(3,4)5)17(24)22(21(12)6)14-10-8-7-9-11-14/h7-11,13H,1-6H3,(H,20,23). The van der Waals surface area contributed by atoms with E-state index in [0.29, 0.717) is 11.4 Å². The van der Waals surface area contributed by atoms with Gasteiger partial charge in [0.1, 0.15) is 5.69 Å². The summed E-state index contributed by atoms with van der Waals surface area (Å²) in [6, 6.07) is 9.13. The van der Waals surface area contributed by atoms with Gasteiger partial charge in [0, 0.05) is 7.05 Å². The Labute approximate surface area is 152 Å². The fourth-order valence-corrected chi connectivity index (χ4v) is 2.33. The van der Waals surface area contributed by atoms with E-state index in [1.807, 2.05) is 18.2 Å². The lowest BCUT2D eigenvalue weighted by molar-refractivity contribution is -0.161. The van der Waals surface area contributed by atoms with Crippen LogP contribution in [0.4, 0.5) is 5.69 Å². The number of ether oxygens (including phenoxy) is 1. The molecule has 2 rings (SSSR count). The molecule has 140 valence electrons. The largest absolute Gasteiger partial charge is 0.452 e. The van der Waals surface area contributed by atoms with Gasteiger partial charge in [-0.05, 0) is 46.8 Å². The van der Waals surface area contributed by atoms with Crippen molar-refractivity contribution in [1.82, 2.24) is 9.36 Å². The second-order valence-electron chi connectivity index (χ2n) is 7.22. The molecule has 1 unspecified atom stereocenters. The lowest BCUT2D eigenvalue weighted by Crippen LogP contribution is -2.35. The van der Waals surface area contributed by atoms with Crippen LogP contribution in [-0.4, -0.2) is 27.3 Å². The highest BCUT2D eigenvalue weighted by Crippen LogP contribution is 2.18. The zero-order valence-corrected chi connectivity index (χ0v) is 16.0. The van der Waals surface area contributed by atoms with Gasteiger partial charge in [0.25, 0.3) is 11.5 Å². The van der Waals surface area contributed by atoms with Gasteiger partial charge in [-0.1, -0.05) is 18.2 Å². The van der Waals surface area contributed by atoms with Crippen molar-refractivity contribution in [2.75, 3.05) is 5.32 Å². The predicted molar refractivity (Wildman–Crippen MR) is 99.4 cm³/mol. The first-order chi connectivity index (χ1) is 12.0. The number of aromatic nitrogens is 2. The van der Waals surface area contributed by atoms with Crippen LogP contribution in [0.3, 0.4) is 0 Å². The zero-order valence-electron chi connectivity index (χ0n) is 16.0. The topological polar surface area (TPSA) is 82.3 Å². The summed E-state index contributed by atoms with van der Waals surface area (Å²) >= 11 is 0. The lowest BCUT2D eigenvalue weighted by Gasteiger charge is -2.20. The zero-order chi connectivity index (χ0) is 19.6. The van der Waals surface area contributed by atoms with Crippen molar-refractivity contribution in [3.05, 3.63) is 46.4 Å². The Balaban J connectivity index is 2.27. The SMILES string of the molecule is Cc1c(NC(=O)C(C)OC(=O)C(C)(C)C)c(=O)n(-c2ccccc2)n1C. The number of carbonyl (C=O) groups is 2. The van der Waals surface area contributed by atoms with Crippen LogP contribution in [0.15, 0.2) is 35.1 Å². The number of rotatable bonds is 4. The molecule has 0 bridgehead atoms. The van der Waals surface area contributed by atoms with Gasteiger partial charge in [-0.3, -0.25) is 19.1 Å². The second kappa shape index (κ2) is 7.19. The van der Waals surface area contributed by atoms with Crippen molar-refractivity contribution >= 4 is 17.6 Å². The van der Waals surface area contributed by atoms with Gasteiger partial charge in [-0.15, -0.1) is 0 Å². The van der Waals surface area contributed by atoms with E-state index in [2.05, 4.69) is 5.32 Å². The Morgan fingerprint density at radius 1 is 1.15 bits per heavy atom. The molecule has 7 heteroatoms. The molecule has 7 nitrogen and oxygen atoms in total. The van der Waals surface area contributed by atoms with Gasteiger partial charge in [0.15, 0.2) is 6.10 Å². The summed E-state index contributed by atoms with van der Waals surface area (Å²) in [5, 5.41) is 2.60. The van der Waals surface area contributed by atoms with Gasteiger partial charge in [-0.2, -0.15) is 0 Å². The monoisotopic (exact) mass is 359 g/mol. The van der Waals surface area contributed by atoms with E-state index in [9.17, 15) is 14.4 Å². The van der Waals surface area contributed by atoms with Crippen molar-refractivity contribution in [3.63, 3.8) is 0 Å². The van der Waals surface area contributed by atoms with Gasteiger partial charge in [0.05, 0.1) is 16.8 Å². The van der Waals surface area contributed by atoms with Crippen LogP contribution in [0, 0.1) is 12.3 Å². The van der Waals surface area contributed by atoms with Crippen LogP contribution in [0.25, 0.3) is 5.69 Å². The van der Waals surface area contributed by atoms with E-state index in [-0.39, 0.29) is 11.2 Å². The summed E-state index contributed by atoms with van der Waals surface area (Å²) in [5.41, 5.74) is 0.397. The maximum atomic E-state index is 12.8. The molecule has 0 saturated carbocycles. The third-order valence-corrected chi connectivity index (χ3v) is 4.07. The van der Waals surface area contributed by atoms with Crippen LogP contribution in [0.1, 0.15) is 33.4 Å². The minimum absolute atomic E-state index is 0.167. The average molecular weight is 359 g/mol. The Hall–Kier alpha value is -2.83. The molecule has 0 spiro atoms. The van der Waals surface area contributed by atoms with Gasteiger partial charge < -0.3 is 10.1 Å². The predicted octanol–water partition coefficient (Wildman–Crippen LogP) is 2.40. The van der Waals surface area contributed by atoms with E-state index in [1.54, 1.807) is 51.6 Å². The summed E-state index contributed by atoms with van der Waals surface area (Å²) in [5.74, 6) is -1.03. The van der Waals surface area contributed by atoms with Crippen molar-refractivity contribution in [3.8, 4) is 5.69 Å². The van der Waals surface area contributed by atoms with Crippen molar-refractivity contribution < 1.29 is 14.3 Å². The van der Waals surface area contributed by atoms with Crippen molar-refractivity contribution in [1.29, 1.82) is 0 Å². The number of nitrogens with zero attached hydrogens (tertiary/aromatic N) is 2. The van der Waals surface area contributed by atoms with E-state index in [1.165, 1.54) is 11.6 Å². The molecular weight excluding hydrogens is 334 g/mol. The molecule has 1 N–H and O–H groups in total. The first kappa shape index (κ1) is 19.5. The van der Waals surface area contributed by atoms with Crippen molar-refractivity contribution in [2.45, 2.75) is 40.7 Å². The molecule has 2 aromatic rings. The molecule has 1 heterocycles. The van der Waals surface area contributed by atoms with Crippen LogP contribution >= 0.6 is 0 Å². The van der Waals surface area contributed by atoms with E-state index < -0.39 is 23.4 Å². The van der Waals surface area contributed by atoms with Gasteiger partial charge >= 0.3 is 5.97 Å². The Morgan fingerprint density at radius 2 is 1.73 bits per heavy atom. The smallest absolute Gasteiger partial charge is 0.311 e. The molecule has 26 heavy (non-hydrogen) atoms. The molecule has 0 saturated heterocycles. The first-order valence-corrected chi connectivity index (χ1v) is 8.40. The quantitative estimate of drug-likeness (QED) is 0.850. The highest BCUT2D eigenvalue weighted by atomic mass is 16.5. The van der Waals surface area contributed by atoms with Crippen LogP contribution in [0.2, 0.25) is 0 Å². The Kier molecular flexibility index (Phi) is 5.39. The molecule has 1 aromatic carbocycles. The molecule has 0 aliphatic rings. The van der Waals surface area contributed by atoms with Gasteiger partial charge in [0.2, 0.25) is 0 Å². The minimum atomic E-state index is -1.01. The lowest BCUT2D eigenvalue weighted by atomic mass is 9.97. The number of hydrogen-bond donors (Lipinski definition) is 1. The number of para-hydroxylation sites is 1. The third-order valence-electron chi connectivity index (χ3n) is 4.07. The maximum absolute atomic E-state index is 12.8. The number of carbonyl (C=O) groups excluding carboxylic acids is 2. The van der Waals surface area contributed by atoms with Crippen LogP contribution in [-0.2, 0) is 21.4 Å².